The van der Waals surface area contributed by atoms with Gasteiger partial charge in [0.05, 0.1) is 28.5 Å². The van der Waals surface area contributed by atoms with Crippen molar-refractivity contribution in [1.82, 2.24) is 24.6 Å². The van der Waals surface area contributed by atoms with E-state index in [1.165, 1.54) is 7.05 Å². The number of halogens is 1. The molecule has 3 aromatic rings. The molecule has 0 aromatic carbocycles. The quantitative estimate of drug-likeness (QED) is 0.589. The Morgan fingerprint density at radius 3 is 2.70 bits per heavy atom. The highest BCUT2D eigenvalue weighted by atomic mass is 19.1. The number of carbonyl (C=O) groups excluding carboxylic acids is 2. The average molecular weight is 452 g/mol. The van der Waals surface area contributed by atoms with Crippen molar-refractivity contribution in [1.29, 1.82) is 0 Å². The molecule has 2 amide bonds. The topological polar surface area (TPSA) is 94.9 Å². The molecule has 1 fully saturated rings. The van der Waals surface area contributed by atoms with Gasteiger partial charge in [0.25, 0.3) is 5.91 Å². The lowest BCUT2D eigenvalue weighted by Crippen LogP contribution is -2.46. The first kappa shape index (κ1) is 21.3. The predicted octanol–water partition coefficient (Wildman–Crippen LogP) is 1.91. The molecular weight excluding hydrogens is 425 g/mol. The van der Waals surface area contributed by atoms with Gasteiger partial charge in [0.1, 0.15) is 11.5 Å². The summed E-state index contributed by atoms with van der Waals surface area (Å²) in [4.78, 5) is 36.7. The Balaban J connectivity index is 1.30. The Labute approximate surface area is 190 Å². The van der Waals surface area contributed by atoms with Crippen LogP contribution in [0.3, 0.4) is 0 Å². The van der Waals surface area contributed by atoms with Gasteiger partial charge in [-0.3, -0.25) is 14.5 Å². The largest absolute Gasteiger partial charge is 0.365 e. The van der Waals surface area contributed by atoms with Crippen molar-refractivity contribution in [2.75, 3.05) is 43.4 Å². The highest BCUT2D eigenvalue weighted by Gasteiger charge is 2.29. The van der Waals surface area contributed by atoms with Crippen molar-refractivity contribution in [3.8, 4) is 0 Å². The molecule has 0 aliphatic carbocycles. The Hall–Kier alpha value is -3.53. The number of nitrogens with one attached hydrogen (secondary N) is 2. The number of imidazole rings is 1. The highest BCUT2D eigenvalue weighted by molar-refractivity contribution is 6.04. The number of nitrogens with zero attached hydrogens (tertiary/aromatic N) is 5. The molecule has 5 rings (SSSR count). The van der Waals surface area contributed by atoms with Gasteiger partial charge in [-0.2, -0.15) is 4.39 Å². The van der Waals surface area contributed by atoms with Crippen LogP contribution in [0.1, 0.15) is 40.4 Å². The minimum Gasteiger partial charge on any atom is -0.365 e. The number of carbonyl (C=O) groups is 2. The van der Waals surface area contributed by atoms with Gasteiger partial charge >= 0.3 is 0 Å². The monoisotopic (exact) mass is 451 g/mol. The molecule has 10 heteroatoms. The molecule has 5 heterocycles. The lowest BCUT2D eigenvalue weighted by atomic mass is 10.0. The summed E-state index contributed by atoms with van der Waals surface area (Å²) in [6, 6.07) is 5.18. The Kier molecular flexibility index (Phi) is 5.24. The number of anilines is 2. The van der Waals surface area contributed by atoms with E-state index in [-0.39, 0.29) is 17.5 Å². The summed E-state index contributed by atoms with van der Waals surface area (Å²) < 4.78 is 16.6. The molecule has 172 valence electrons. The maximum absolute atomic E-state index is 14.5. The van der Waals surface area contributed by atoms with Gasteiger partial charge in [0.2, 0.25) is 11.9 Å². The van der Waals surface area contributed by atoms with Crippen LogP contribution in [-0.4, -0.2) is 64.3 Å². The number of hydrogen-bond acceptors (Lipinski definition) is 6. The molecule has 0 radical (unpaired) electrons. The molecule has 33 heavy (non-hydrogen) atoms. The van der Waals surface area contributed by atoms with E-state index in [0.29, 0.717) is 25.3 Å². The molecule has 0 spiro atoms. The van der Waals surface area contributed by atoms with Crippen molar-refractivity contribution < 1.29 is 14.0 Å². The zero-order valence-corrected chi connectivity index (χ0v) is 18.9. The molecule has 1 atom stereocenters. The van der Waals surface area contributed by atoms with Gasteiger partial charge in [0.15, 0.2) is 0 Å². The van der Waals surface area contributed by atoms with E-state index in [1.54, 1.807) is 12.1 Å². The van der Waals surface area contributed by atoms with E-state index in [2.05, 4.69) is 36.1 Å². The number of amides is 2. The number of pyridine rings is 2. The van der Waals surface area contributed by atoms with Gasteiger partial charge in [-0.25, -0.2) is 9.97 Å². The van der Waals surface area contributed by atoms with E-state index in [0.717, 1.165) is 41.4 Å². The third-order valence-corrected chi connectivity index (χ3v) is 6.46. The van der Waals surface area contributed by atoms with E-state index in [4.69, 9.17) is 0 Å². The second-order valence-corrected chi connectivity index (χ2v) is 8.58. The third kappa shape index (κ3) is 3.70. The number of piperazine rings is 1. The summed E-state index contributed by atoms with van der Waals surface area (Å²) >= 11 is 0. The average Bonchev–Trinajstić information content (AvgIpc) is 3.14. The zero-order chi connectivity index (χ0) is 23.3. The van der Waals surface area contributed by atoms with Crippen LogP contribution in [0.2, 0.25) is 0 Å². The first-order valence-electron chi connectivity index (χ1n) is 11.0. The van der Waals surface area contributed by atoms with Crippen LogP contribution in [0.25, 0.3) is 5.52 Å². The lowest BCUT2D eigenvalue weighted by molar-refractivity contribution is -0.117. The summed E-state index contributed by atoms with van der Waals surface area (Å²) in [6.07, 6.45) is 2.09. The molecular formula is C23H26FN7O2. The summed E-state index contributed by atoms with van der Waals surface area (Å²) in [5.74, 6) is -0.483. The fourth-order valence-electron chi connectivity index (χ4n) is 4.62. The smallest absolute Gasteiger partial charge is 0.269 e. The summed E-state index contributed by atoms with van der Waals surface area (Å²) in [5, 5.41) is 5.46. The van der Waals surface area contributed by atoms with Crippen LogP contribution >= 0.6 is 0 Å². The van der Waals surface area contributed by atoms with Crippen LogP contribution in [0.5, 0.6) is 0 Å². The van der Waals surface area contributed by atoms with Crippen molar-refractivity contribution in [3.63, 3.8) is 0 Å². The van der Waals surface area contributed by atoms with Gasteiger partial charge < -0.3 is 19.9 Å². The maximum atomic E-state index is 14.5. The molecule has 0 saturated carbocycles. The van der Waals surface area contributed by atoms with Crippen LogP contribution in [-0.2, 0) is 11.3 Å². The predicted molar refractivity (Wildman–Crippen MR) is 122 cm³/mol. The molecule has 2 aliphatic rings. The van der Waals surface area contributed by atoms with Crippen LogP contribution < -0.4 is 15.5 Å². The molecule has 1 saturated heterocycles. The summed E-state index contributed by atoms with van der Waals surface area (Å²) in [6.45, 7) is 7.33. The SMILES string of the molecule is CNC(=O)c1ccc(N2CCN(Cc3cc4c5c(nc(C)n5c3)[C@@H](C)C(=O)N4)CC2)c(F)n1. The van der Waals surface area contributed by atoms with E-state index < -0.39 is 11.9 Å². The zero-order valence-electron chi connectivity index (χ0n) is 18.9. The van der Waals surface area contributed by atoms with Crippen molar-refractivity contribution in [3.05, 3.63) is 53.1 Å². The minimum absolute atomic E-state index is 0.0358. The van der Waals surface area contributed by atoms with Crippen LogP contribution in [0.4, 0.5) is 15.8 Å². The highest BCUT2D eigenvalue weighted by Crippen LogP contribution is 2.34. The molecule has 9 nitrogen and oxygen atoms in total. The number of aryl methyl sites for hydroxylation is 1. The second-order valence-electron chi connectivity index (χ2n) is 8.58. The molecule has 0 bridgehead atoms. The standard InChI is InChI=1S/C23H26FN7O2/c1-13-19-20-17(28-22(13)32)10-15(12-31(20)14(2)26-19)11-29-6-8-30(9-7-29)18-5-4-16(23(33)25-3)27-21(18)24/h4-5,10,12-13H,6-9,11H2,1-3H3,(H,25,33)(H,28,32)/t13-/m1/s1. The van der Waals surface area contributed by atoms with E-state index >= 15 is 0 Å². The Bertz CT molecular complexity index is 1260. The molecule has 2 N–H and O–H groups in total. The number of hydrogen-bond donors (Lipinski definition) is 2. The van der Waals surface area contributed by atoms with Crippen molar-refractivity contribution in [2.24, 2.45) is 0 Å². The number of aromatic nitrogens is 3. The summed E-state index contributed by atoms with van der Waals surface area (Å²) in [5.41, 5.74) is 4.15. The fraction of sp³-hybridized carbons (Fsp3) is 0.391. The van der Waals surface area contributed by atoms with Crippen LogP contribution in [0.15, 0.2) is 24.4 Å². The molecule has 3 aromatic heterocycles. The summed E-state index contributed by atoms with van der Waals surface area (Å²) in [7, 11) is 1.49. The number of rotatable bonds is 4. The van der Waals surface area contributed by atoms with Gasteiger partial charge in [0, 0.05) is 46.0 Å². The first-order valence-corrected chi connectivity index (χ1v) is 11.0. The lowest BCUT2D eigenvalue weighted by Gasteiger charge is -2.36. The Morgan fingerprint density at radius 2 is 2.00 bits per heavy atom. The first-order chi connectivity index (χ1) is 15.9. The van der Waals surface area contributed by atoms with Crippen molar-refractivity contribution >= 4 is 28.7 Å². The minimum atomic E-state index is -0.634. The maximum Gasteiger partial charge on any atom is 0.269 e. The Morgan fingerprint density at radius 1 is 1.24 bits per heavy atom. The molecule has 0 unspecified atom stereocenters. The van der Waals surface area contributed by atoms with E-state index in [9.17, 15) is 14.0 Å². The van der Waals surface area contributed by atoms with Gasteiger partial charge in [-0.15, -0.1) is 0 Å². The fourth-order valence-corrected chi connectivity index (χ4v) is 4.62. The molecule has 2 aliphatic heterocycles. The van der Waals surface area contributed by atoms with Gasteiger partial charge in [-0.1, -0.05) is 0 Å². The van der Waals surface area contributed by atoms with Crippen LogP contribution in [0, 0.1) is 12.9 Å². The van der Waals surface area contributed by atoms with E-state index in [1.807, 2.05) is 24.8 Å². The van der Waals surface area contributed by atoms with Crippen molar-refractivity contribution in [2.45, 2.75) is 26.3 Å². The third-order valence-electron chi connectivity index (χ3n) is 6.46. The van der Waals surface area contributed by atoms with Gasteiger partial charge in [-0.05, 0) is 37.6 Å². The second kappa shape index (κ2) is 8.11. The normalized spacial score (nSPS) is 18.5.